The molecule has 0 aliphatic heterocycles. The minimum Gasteiger partial charge on any atom is -0.322 e. The number of para-hydroxylation sites is 2. The maximum Gasteiger partial charge on any atom is 0.161 e. The molecule has 2 unspecified atom stereocenters. The van der Waals surface area contributed by atoms with Crippen molar-refractivity contribution in [3.63, 3.8) is 0 Å². The maximum absolute atomic E-state index is 4.94. The topological polar surface area (TPSA) is 66.5 Å². The average Bonchev–Trinajstić information content (AvgIpc) is 3.49. The molecule has 1 aliphatic carbocycles. The summed E-state index contributed by atoms with van der Waals surface area (Å²) in [6, 6.07) is 26.9. The lowest BCUT2D eigenvalue weighted by Crippen LogP contribution is -2.02. The van der Waals surface area contributed by atoms with Gasteiger partial charge in [-0.25, -0.2) is 9.97 Å². The summed E-state index contributed by atoms with van der Waals surface area (Å²) in [7, 11) is 0. The van der Waals surface area contributed by atoms with E-state index in [-0.39, 0.29) is 0 Å². The van der Waals surface area contributed by atoms with E-state index in [4.69, 9.17) is 9.97 Å². The summed E-state index contributed by atoms with van der Waals surface area (Å²) in [5.74, 6) is 3.35. The van der Waals surface area contributed by atoms with Crippen molar-refractivity contribution in [3.05, 3.63) is 90.3 Å². The number of aromatic amines is 1. The molecule has 0 radical (unpaired) electrons. The third-order valence-electron chi connectivity index (χ3n) is 5.68. The Hall–Kier alpha value is -3.73. The van der Waals surface area contributed by atoms with E-state index in [1.807, 2.05) is 36.4 Å². The lowest BCUT2D eigenvalue weighted by molar-refractivity contribution is 0.912. The van der Waals surface area contributed by atoms with Crippen LogP contribution in [-0.4, -0.2) is 20.2 Å². The Bertz CT molecular complexity index is 1330. The molecule has 5 heteroatoms. The van der Waals surface area contributed by atoms with Gasteiger partial charge in [0, 0.05) is 16.7 Å². The van der Waals surface area contributed by atoms with Gasteiger partial charge in [0.05, 0.1) is 11.0 Å². The second-order valence-electron chi connectivity index (χ2n) is 7.55. The molecule has 5 aromatic rings. The first kappa shape index (κ1) is 16.2. The van der Waals surface area contributed by atoms with Gasteiger partial charge in [-0.1, -0.05) is 54.6 Å². The molecule has 0 amide bonds. The summed E-state index contributed by atoms with van der Waals surface area (Å²) in [6.07, 6.45) is 1.09. The van der Waals surface area contributed by atoms with Crippen molar-refractivity contribution in [1.29, 1.82) is 0 Å². The average molecular weight is 377 g/mol. The standard InChI is InChI=1S/C24H19N5/c1-2-8-15(9-3-1)18-14-19(18)23-25-20-12-6-4-10-16(20)22(26-23)27-24-17-11-5-7-13-21(17)28-29-24/h1-13,18-19H,14H2,(H2,25,26,27,28,29). The normalized spacial score (nSPS) is 18.2. The summed E-state index contributed by atoms with van der Waals surface area (Å²) < 4.78 is 0. The highest BCUT2D eigenvalue weighted by molar-refractivity contribution is 5.96. The molecule has 29 heavy (non-hydrogen) atoms. The van der Waals surface area contributed by atoms with Crippen LogP contribution >= 0.6 is 0 Å². The number of benzene rings is 3. The van der Waals surface area contributed by atoms with E-state index in [1.165, 1.54) is 5.56 Å². The SMILES string of the molecule is c1ccc(C2CC2c2nc(Nc3n[nH]c4ccccc34)c3ccccc3n2)cc1. The van der Waals surface area contributed by atoms with Crippen molar-refractivity contribution in [2.75, 3.05) is 5.32 Å². The minimum absolute atomic E-state index is 0.360. The van der Waals surface area contributed by atoms with E-state index in [1.54, 1.807) is 0 Å². The first-order valence-corrected chi connectivity index (χ1v) is 9.88. The molecule has 0 bridgehead atoms. The molecule has 2 aromatic heterocycles. The monoisotopic (exact) mass is 377 g/mol. The largest absolute Gasteiger partial charge is 0.322 e. The summed E-state index contributed by atoms with van der Waals surface area (Å²) in [5.41, 5.74) is 3.32. The van der Waals surface area contributed by atoms with Gasteiger partial charge in [-0.2, -0.15) is 5.10 Å². The molecule has 1 aliphatic rings. The molecular formula is C24H19N5. The zero-order valence-electron chi connectivity index (χ0n) is 15.7. The van der Waals surface area contributed by atoms with Crippen molar-refractivity contribution in [1.82, 2.24) is 20.2 Å². The number of aromatic nitrogens is 4. The van der Waals surface area contributed by atoms with E-state index < -0.39 is 0 Å². The van der Waals surface area contributed by atoms with Crippen molar-refractivity contribution >= 4 is 33.4 Å². The van der Waals surface area contributed by atoms with E-state index >= 15 is 0 Å². The predicted molar refractivity (Wildman–Crippen MR) is 115 cm³/mol. The van der Waals surface area contributed by atoms with Crippen molar-refractivity contribution in [2.45, 2.75) is 18.3 Å². The summed E-state index contributed by atoms with van der Waals surface area (Å²) in [4.78, 5) is 9.83. The lowest BCUT2D eigenvalue weighted by atomic mass is 10.1. The van der Waals surface area contributed by atoms with Crippen LogP contribution in [-0.2, 0) is 0 Å². The van der Waals surface area contributed by atoms with Crippen LogP contribution < -0.4 is 5.32 Å². The third-order valence-corrected chi connectivity index (χ3v) is 5.68. The van der Waals surface area contributed by atoms with Crippen molar-refractivity contribution in [3.8, 4) is 0 Å². The first-order valence-electron chi connectivity index (χ1n) is 9.88. The molecule has 2 atom stereocenters. The van der Waals surface area contributed by atoms with Crippen LogP contribution in [0.2, 0.25) is 0 Å². The molecular weight excluding hydrogens is 358 g/mol. The highest BCUT2D eigenvalue weighted by atomic mass is 15.2. The minimum atomic E-state index is 0.360. The summed E-state index contributed by atoms with van der Waals surface area (Å²) >= 11 is 0. The molecule has 1 fully saturated rings. The molecule has 2 heterocycles. The number of anilines is 2. The number of fused-ring (bicyclic) bond motifs is 2. The van der Waals surface area contributed by atoms with Crippen LogP contribution in [0.5, 0.6) is 0 Å². The Morgan fingerprint density at radius 2 is 1.48 bits per heavy atom. The Morgan fingerprint density at radius 1 is 0.724 bits per heavy atom. The third kappa shape index (κ3) is 2.83. The molecule has 6 rings (SSSR count). The zero-order chi connectivity index (χ0) is 19.2. The van der Waals surface area contributed by atoms with Crippen LogP contribution in [0.3, 0.4) is 0 Å². The molecule has 2 N–H and O–H groups in total. The van der Waals surface area contributed by atoms with Gasteiger partial charge in [-0.05, 0) is 42.2 Å². The van der Waals surface area contributed by atoms with E-state index in [9.17, 15) is 0 Å². The van der Waals surface area contributed by atoms with Crippen LogP contribution in [0.4, 0.5) is 11.6 Å². The molecule has 5 nitrogen and oxygen atoms in total. The Labute approximate surface area is 167 Å². The van der Waals surface area contributed by atoms with E-state index in [0.29, 0.717) is 11.8 Å². The quantitative estimate of drug-likeness (QED) is 0.433. The summed E-state index contributed by atoms with van der Waals surface area (Å²) in [6.45, 7) is 0. The highest BCUT2D eigenvalue weighted by Gasteiger charge is 2.42. The van der Waals surface area contributed by atoms with Gasteiger partial charge in [-0.15, -0.1) is 0 Å². The van der Waals surface area contributed by atoms with Crippen molar-refractivity contribution < 1.29 is 0 Å². The van der Waals surface area contributed by atoms with Gasteiger partial charge >= 0.3 is 0 Å². The highest BCUT2D eigenvalue weighted by Crippen LogP contribution is 2.53. The first-order chi connectivity index (χ1) is 14.4. The fourth-order valence-electron chi connectivity index (χ4n) is 4.08. The second-order valence-corrected chi connectivity index (χ2v) is 7.55. The smallest absolute Gasteiger partial charge is 0.161 e. The van der Waals surface area contributed by atoms with Crippen molar-refractivity contribution in [2.24, 2.45) is 0 Å². The van der Waals surface area contributed by atoms with E-state index in [2.05, 4.69) is 58.0 Å². The number of H-pyrrole nitrogens is 1. The molecule has 0 spiro atoms. The Balaban J connectivity index is 1.41. The van der Waals surface area contributed by atoms with Crippen LogP contribution in [0.15, 0.2) is 78.9 Å². The van der Waals surface area contributed by atoms with Gasteiger partial charge in [0.1, 0.15) is 11.6 Å². The van der Waals surface area contributed by atoms with Crippen LogP contribution in [0, 0.1) is 0 Å². The fraction of sp³-hybridized carbons (Fsp3) is 0.125. The Kier molecular flexibility index (Phi) is 3.59. The molecule has 0 saturated heterocycles. The van der Waals surface area contributed by atoms with Gasteiger partial charge in [0.15, 0.2) is 5.82 Å². The molecule has 140 valence electrons. The second kappa shape index (κ2) is 6.41. The lowest BCUT2D eigenvalue weighted by Gasteiger charge is -2.10. The molecule has 1 saturated carbocycles. The van der Waals surface area contributed by atoms with Gasteiger partial charge in [-0.3, -0.25) is 5.10 Å². The maximum atomic E-state index is 4.94. The van der Waals surface area contributed by atoms with E-state index in [0.717, 1.165) is 45.7 Å². The number of rotatable bonds is 4. The van der Waals surface area contributed by atoms with Gasteiger partial charge in [0.25, 0.3) is 0 Å². The Morgan fingerprint density at radius 3 is 2.38 bits per heavy atom. The number of nitrogens with zero attached hydrogens (tertiary/aromatic N) is 3. The predicted octanol–water partition coefficient (Wildman–Crippen LogP) is 5.52. The summed E-state index contributed by atoms with van der Waals surface area (Å²) in [5, 5.41) is 13.0. The fourth-order valence-corrected chi connectivity index (χ4v) is 4.08. The molecule has 3 aromatic carbocycles. The van der Waals surface area contributed by atoms with Gasteiger partial charge < -0.3 is 5.32 Å². The van der Waals surface area contributed by atoms with Gasteiger partial charge in [0.2, 0.25) is 0 Å². The number of hydrogen-bond acceptors (Lipinski definition) is 4. The van der Waals surface area contributed by atoms with Crippen LogP contribution in [0.25, 0.3) is 21.8 Å². The number of hydrogen-bond donors (Lipinski definition) is 2. The zero-order valence-corrected chi connectivity index (χ0v) is 15.7. The number of nitrogens with one attached hydrogen (secondary N) is 2. The van der Waals surface area contributed by atoms with Crippen LogP contribution in [0.1, 0.15) is 29.6 Å².